The maximum absolute atomic E-state index is 13.6. The van der Waals surface area contributed by atoms with Crippen molar-refractivity contribution in [2.24, 2.45) is 0 Å². The number of para-hydroxylation sites is 1. The predicted molar refractivity (Wildman–Crippen MR) is 88.7 cm³/mol. The third-order valence-electron chi connectivity index (χ3n) is 4.13. The lowest BCUT2D eigenvalue weighted by molar-refractivity contribution is -0.267. The molecule has 26 heavy (non-hydrogen) atoms. The molecule has 2 rings (SSSR count). The molecule has 1 aromatic heterocycles. The standard InChI is InChI=1S/C16H17F3N2O4S/c1-3-14(2,13(23)24)21-11(22)8-15(25,16(17,18)19)12-20-9-6-4-5-7-10(9)26-12/h4-7,25H,3,8H2,1-2H3,(H,21,22)(H,23,24). The SMILES string of the molecule is CCC(C)(NC(=O)CC(O)(c1nc2ccccc2s1)C(F)(F)F)C(=O)O. The summed E-state index contributed by atoms with van der Waals surface area (Å²) in [6, 6.07) is 6.24. The number of alkyl halides is 3. The molecular weight excluding hydrogens is 373 g/mol. The van der Waals surface area contributed by atoms with E-state index in [9.17, 15) is 27.9 Å². The van der Waals surface area contributed by atoms with Gasteiger partial charge in [-0.15, -0.1) is 11.3 Å². The summed E-state index contributed by atoms with van der Waals surface area (Å²) in [4.78, 5) is 27.2. The number of carbonyl (C=O) groups is 2. The summed E-state index contributed by atoms with van der Waals surface area (Å²) in [5.74, 6) is -2.63. The Hall–Kier alpha value is -2.20. The molecule has 2 atom stereocenters. The Bertz CT molecular complexity index is 805. The van der Waals surface area contributed by atoms with Gasteiger partial charge in [0, 0.05) is 0 Å². The van der Waals surface area contributed by atoms with Crippen LogP contribution in [0, 0.1) is 0 Å². The van der Waals surface area contributed by atoms with Crippen molar-refractivity contribution in [2.45, 2.75) is 44.0 Å². The van der Waals surface area contributed by atoms with Gasteiger partial charge in [-0.1, -0.05) is 19.1 Å². The first-order valence-corrected chi connectivity index (χ1v) is 8.44. The summed E-state index contributed by atoms with van der Waals surface area (Å²) in [6.45, 7) is 2.65. The number of aliphatic carboxylic acids is 1. The van der Waals surface area contributed by atoms with Crippen LogP contribution in [0.2, 0.25) is 0 Å². The van der Waals surface area contributed by atoms with E-state index in [1.54, 1.807) is 18.2 Å². The summed E-state index contributed by atoms with van der Waals surface area (Å²) in [6.07, 6.45) is -6.61. The molecule has 2 aromatic rings. The average molecular weight is 390 g/mol. The van der Waals surface area contributed by atoms with E-state index >= 15 is 0 Å². The van der Waals surface area contributed by atoms with Gasteiger partial charge in [0.25, 0.3) is 0 Å². The van der Waals surface area contributed by atoms with Gasteiger partial charge in [0.1, 0.15) is 10.5 Å². The number of fused-ring (bicyclic) bond motifs is 1. The largest absolute Gasteiger partial charge is 0.480 e. The van der Waals surface area contributed by atoms with Crippen molar-refractivity contribution in [2.75, 3.05) is 0 Å². The number of carbonyl (C=O) groups excluding carboxylic acids is 1. The first-order chi connectivity index (χ1) is 11.9. The Kier molecular flexibility index (Phi) is 5.29. The second-order valence-electron chi connectivity index (χ2n) is 6.06. The van der Waals surface area contributed by atoms with Crippen molar-refractivity contribution in [1.82, 2.24) is 10.3 Å². The highest BCUT2D eigenvalue weighted by Crippen LogP contribution is 2.44. The third kappa shape index (κ3) is 3.65. The van der Waals surface area contributed by atoms with Crippen LogP contribution in [-0.4, -0.2) is 38.8 Å². The first-order valence-electron chi connectivity index (χ1n) is 7.62. The van der Waals surface area contributed by atoms with Crippen molar-refractivity contribution in [3.8, 4) is 0 Å². The van der Waals surface area contributed by atoms with Gasteiger partial charge in [0.2, 0.25) is 11.5 Å². The number of carboxylic acids is 1. The molecule has 0 saturated carbocycles. The minimum Gasteiger partial charge on any atom is -0.480 e. The Morgan fingerprint density at radius 3 is 2.38 bits per heavy atom. The van der Waals surface area contributed by atoms with E-state index in [1.165, 1.54) is 19.9 Å². The van der Waals surface area contributed by atoms with Crippen LogP contribution in [0.1, 0.15) is 31.7 Å². The number of aromatic nitrogens is 1. The molecule has 1 amide bonds. The number of aliphatic hydroxyl groups is 1. The van der Waals surface area contributed by atoms with E-state index < -0.39 is 40.6 Å². The lowest BCUT2D eigenvalue weighted by atomic mass is 9.95. The number of rotatable bonds is 6. The molecule has 0 spiro atoms. The fraction of sp³-hybridized carbons (Fsp3) is 0.438. The van der Waals surface area contributed by atoms with Crippen LogP contribution in [-0.2, 0) is 15.2 Å². The quantitative estimate of drug-likeness (QED) is 0.704. The summed E-state index contributed by atoms with van der Waals surface area (Å²) >= 11 is 0.626. The van der Waals surface area contributed by atoms with Crippen LogP contribution in [0.4, 0.5) is 13.2 Å². The molecule has 1 heterocycles. The molecule has 10 heteroatoms. The molecular formula is C16H17F3N2O4S. The zero-order valence-electron chi connectivity index (χ0n) is 13.9. The highest BCUT2D eigenvalue weighted by molar-refractivity contribution is 7.18. The monoisotopic (exact) mass is 390 g/mol. The van der Waals surface area contributed by atoms with Gasteiger partial charge in [-0.2, -0.15) is 13.2 Å². The van der Waals surface area contributed by atoms with Gasteiger partial charge in [-0.05, 0) is 25.5 Å². The van der Waals surface area contributed by atoms with Gasteiger partial charge < -0.3 is 15.5 Å². The van der Waals surface area contributed by atoms with Gasteiger partial charge in [0.15, 0.2) is 0 Å². The second-order valence-corrected chi connectivity index (χ2v) is 7.09. The van der Waals surface area contributed by atoms with Gasteiger partial charge in [-0.3, -0.25) is 4.79 Å². The van der Waals surface area contributed by atoms with Gasteiger partial charge >= 0.3 is 12.1 Å². The van der Waals surface area contributed by atoms with E-state index in [-0.39, 0.29) is 11.9 Å². The molecule has 0 aliphatic heterocycles. The van der Waals surface area contributed by atoms with E-state index in [0.29, 0.717) is 16.0 Å². The summed E-state index contributed by atoms with van der Waals surface area (Å²) in [5.41, 5.74) is -5.00. The van der Waals surface area contributed by atoms with E-state index in [2.05, 4.69) is 10.3 Å². The maximum Gasteiger partial charge on any atom is 0.424 e. The number of hydrogen-bond donors (Lipinski definition) is 3. The Labute approximate surface area is 150 Å². The predicted octanol–water partition coefficient (Wildman–Crippen LogP) is 2.81. The number of nitrogens with one attached hydrogen (secondary N) is 1. The lowest BCUT2D eigenvalue weighted by Gasteiger charge is -2.30. The Morgan fingerprint density at radius 2 is 1.88 bits per heavy atom. The first kappa shape index (κ1) is 20.1. The van der Waals surface area contributed by atoms with Crippen LogP contribution in [0.15, 0.2) is 24.3 Å². The zero-order chi connectivity index (χ0) is 19.8. The average Bonchev–Trinajstić information content (AvgIpc) is 2.97. The highest BCUT2D eigenvalue weighted by atomic mass is 32.1. The minimum absolute atomic E-state index is 0.0420. The smallest absolute Gasteiger partial charge is 0.424 e. The Balaban J connectivity index is 2.38. The number of nitrogens with zero attached hydrogens (tertiary/aromatic N) is 1. The van der Waals surface area contributed by atoms with Crippen molar-refractivity contribution < 1.29 is 33.0 Å². The molecule has 0 fully saturated rings. The number of amides is 1. The highest BCUT2D eigenvalue weighted by Gasteiger charge is 2.58. The second kappa shape index (κ2) is 6.84. The topological polar surface area (TPSA) is 99.5 Å². The molecule has 0 radical (unpaired) electrons. The fourth-order valence-electron chi connectivity index (χ4n) is 2.22. The van der Waals surface area contributed by atoms with Crippen LogP contribution in [0.25, 0.3) is 10.2 Å². The zero-order valence-corrected chi connectivity index (χ0v) is 14.7. The molecule has 142 valence electrons. The Morgan fingerprint density at radius 1 is 1.27 bits per heavy atom. The summed E-state index contributed by atoms with van der Waals surface area (Å²) < 4.78 is 41.1. The number of halogens is 3. The number of hydrogen-bond acceptors (Lipinski definition) is 5. The van der Waals surface area contributed by atoms with Crippen molar-refractivity contribution in [1.29, 1.82) is 0 Å². The van der Waals surface area contributed by atoms with Crippen molar-refractivity contribution in [3.63, 3.8) is 0 Å². The minimum atomic E-state index is -5.18. The summed E-state index contributed by atoms with van der Waals surface area (Å²) in [5, 5.41) is 20.8. The van der Waals surface area contributed by atoms with E-state index in [0.717, 1.165) is 0 Å². The van der Waals surface area contributed by atoms with Gasteiger partial charge in [0.05, 0.1) is 16.6 Å². The van der Waals surface area contributed by atoms with Crippen LogP contribution < -0.4 is 5.32 Å². The van der Waals surface area contributed by atoms with E-state index in [1.807, 2.05) is 0 Å². The van der Waals surface area contributed by atoms with Crippen LogP contribution >= 0.6 is 11.3 Å². The third-order valence-corrected chi connectivity index (χ3v) is 5.31. The number of benzene rings is 1. The fourth-order valence-corrected chi connectivity index (χ4v) is 3.30. The molecule has 2 unspecified atom stereocenters. The van der Waals surface area contributed by atoms with Crippen LogP contribution in [0.3, 0.4) is 0 Å². The van der Waals surface area contributed by atoms with Crippen molar-refractivity contribution in [3.05, 3.63) is 29.3 Å². The lowest BCUT2D eigenvalue weighted by Crippen LogP contribution is -2.54. The number of carboxylic acid groups (broad SMARTS) is 1. The van der Waals surface area contributed by atoms with E-state index in [4.69, 9.17) is 5.11 Å². The molecule has 6 nitrogen and oxygen atoms in total. The molecule has 0 bridgehead atoms. The molecule has 0 aliphatic carbocycles. The number of thiazole rings is 1. The van der Waals surface area contributed by atoms with Crippen LogP contribution in [0.5, 0.6) is 0 Å². The molecule has 0 saturated heterocycles. The summed E-state index contributed by atoms with van der Waals surface area (Å²) in [7, 11) is 0. The molecule has 3 N–H and O–H groups in total. The molecule has 1 aromatic carbocycles. The van der Waals surface area contributed by atoms with Gasteiger partial charge in [-0.25, -0.2) is 9.78 Å². The molecule has 0 aliphatic rings. The normalized spacial score (nSPS) is 16.7. The van der Waals surface area contributed by atoms with Crippen molar-refractivity contribution >= 4 is 33.4 Å². The maximum atomic E-state index is 13.6.